The zero-order chi connectivity index (χ0) is 12.1. The molecular weight excluding hydrogens is 216 g/mol. The van der Waals surface area contributed by atoms with Gasteiger partial charge in [0.2, 0.25) is 0 Å². The number of hydrogen-bond acceptors (Lipinski definition) is 3. The molecule has 3 heteroatoms. The summed E-state index contributed by atoms with van der Waals surface area (Å²) in [5, 5.41) is 0. The first-order valence-electron chi connectivity index (χ1n) is 6.12. The molecule has 0 aromatic carbocycles. The van der Waals surface area contributed by atoms with Gasteiger partial charge in [-0.1, -0.05) is 27.7 Å². The fourth-order valence-electron chi connectivity index (χ4n) is 1.80. The third-order valence-corrected chi connectivity index (χ3v) is 4.64. The van der Waals surface area contributed by atoms with Crippen molar-refractivity contribution in [3.8, 4) is 0 Å². The second-order valence-electron chi connectivity index (χ2n) is 4.80. The van der Waals surface area contributed by atoms with E-state index in [4.69, 9.17) is 5.84 Å². The maximum Gasteiger partial charge on any atom is 0.0286 e. The molecule has 0 saturated heterocycles. The molecule has 0 saturated carbocycles. The maximum absolute atomic E-state index is 5.65. The van der Waals surface area contributed by atoms with E-state index in [1.807, 2.05) is 11.3 Å². The minimum Gasteiger partial charge on any atom is -0.271 e. The minimum absolute atomic E-state index is 0.378. The van der Waals surface area contributed by atoms with Crippen molar-refractivity contribution >= 4 is 11.3 Å². The topological polar surface area (TPSA) is 38.0 Å². The van der Waals surface area contributed by atoms with Gasteiger partial charge in [-0.2, -0.15) is 0 Å². The van der Waals surface area contributed by atoms with E-state index in [9.17, 15) is 0 Å². The van der Waals surface area contributed by atoms with Crippen LogP contribution in [-0.2, 0) is 12.8 Å². The molecule has 92 valence electrons. The molecule has 1 aromatic rings. The van der Waals surface area contributed by atoms with E-state index in [0.29, 0.717) is 17.9 Å². The predicted molar refractivity (Wildman–Crippen MR) is 72.5 cm³/mol. The molecule has 0 spiro atoms. The highest BCUT2D eigenvalue weighted by Crippen LogP contribution is 2.22. The molecule has 0 radical (unpaired) electrons. The molecule has 0 aliphatic rings. The van der Waals surface area contributed by atoms with Gasteiger partial charge in [-0.25, -0.2) is 0 Å². The van der Waals surface area contributed by atoms with Crippen LogP contribution in [-0.4, -0.2) is 6.04 Å². The van der Waals surface area contributed by atoms with Crippen LogP contribution in [0.4, 0.5) is 0 Å². The van der Waals surface area contributed by atoms with Crippen LogP contribution in [0.1, 0.15) is 37.4 Å². The number of hydrazine groups is 1. The van der Waals surface area contributed by atoms with Crippen LogP contribution in [0.3, 0.4) is 0 Å². The molecule has 0 bridgehead atoms. The predicted octanol–water partition coefficient (Wildman–Crippen LogP) is 2.98. The first-order chi connectivity index (χ1) is 7.58. The summed E-state index contributed by atoms with van der Waals surface area (Å²) < 4.78 is 0. The Kier molecular flexibility index (Phi) is 5.46. The van der Waals surface area contributed by atoms with Crippen molar-refractivity contribution in [3.05, 3.63) is 21.9 Å². The zero-order valence-corrected chi connectivity index (χ0v) is 11.6. The van der Waals surface area contributed by atoms with Crippen molar-refractivity contribution in [3.63, 3.8) is 0 Å². The SMILES string of the molecule is CCc1ccc(CC(NN)C(C)C(C)C)s1. The lowest BCUT2D eigenvalue weighted by molar-refractivity contribution is 0.300. The fraction of sp³-hybridized carbons (Fsp3) is 0.692. The van der Waals surface area contributed by atoms with Gasteiger partial charge in [0.15, 0.2) is 0 Å². The Morgan fingerprint density at radius 2 is 1.88 bits per heavy atom. The lowest BCUT2D eigenvalue weighted by Crippen LogP contribution is -2.43. The number of nitrogens with two attached hydrogens (primary N) is 1. The normalized spacial score (nSPS) is 15.4. The summed E-state index contributed by atoms with van der Waals surface area (Å²) in [6, 6.07) is 4.84. The molecule has 1 rings (SSSR count). The van der Waals surface area contributed by atoms with E-state index in [2.05, 4.69) is 45.3 Å². The Morgan fingerprint density at radius 1 is 1.25 bits per heavy atom. The van der Waals surface area contributed by atoms with Gasteiger partial charge >= 0.3 is 0 Å². The highest BCUT2D eigenvalue weighted by atomic mass is 32.1. The molecule has 0 amide bonds. The lowest BCUT2D eigenvalue weighted by atomic mass is 9.88. The molecule has 2 unspecified atom stereocenters. The highest BCUT2D eigenvalue weighted by molar-refractivity contribution is 7.11. The van der Waals surface area contributed by atoms with Gasteiger partial charge < -0.3 is 0 Å². The summed E-state index contributed by atoms with van der Waals surface area (Å²) >= 11 is 1.91. The van der Waals surface area contributed by atoms with Crippen LogP contribution in [0.15, 0.2) is 12.1 Å². The molecular formula is C13H24N2S. The standard InChI is InChI=1S/C13H24N2S/c1-5-11-6-7-12(16-11)8-13(15-14)10(4)9(2)3/h6-7,9-10,13,15H,5,8,14H2,1-4H3. The smallest absolute Gasteiger partial charge is 0.0286 e. The van der Waals surface area contributed by atoms with Crippen LogP contribution >= 0.6 is 11.3 Å². The second kappa shape index (κ2) is 6.38. The van der Waals surface area contributed by atoms with Crippen molar-refractivity contribution in [2.75, 3.05) is 0 Å². The minimum atomic E-state index is 0.378. The summed E-state index contributed by atoms with van der Waals surface area (Å²) in [5.74, 6) is 6.91. The molecule has 1 aromatic heterocycles. The van der Waals surface area contributed by atoms with Gasteiger partial charge in [0, 0.05) is 15.8 Å². The molecule has 2 nitrogen and oxygen atoms in total. The first-order valence-corrected chi connectivity index (χ1v) is 6.93. The molecule has 2 atom stereocenters. The van der Waals surface area contributed by atoms with Gasteiger partial charge in [0.25, 0.3) is 0 Å². The van der Waals surface area contributed by atoms with E-state index in [-0.39, 0.29) is 0 Å². The lowest BCUT2D eigenvalue weighted by Gasteiger charge is -2.25. The van der Waals surface area contributed by atoms with E-state index >= 15 is 0 Å². The van der Waals surface area contributed by atoms with E-state index in [0.717, 1.165) is 12.8 Å². The van der Waals surface area contributed by atoms with Crippen LogP contribution in [0.2, 0.25) is 0 Å². The number of thiophene rings is 1. The van der Waals surface area contributed by atoms with E-state index in [1.165, 1.54) is 9.75 Å². The van der Waals surface area contributed by atoms with Gasteiger partial charge in [0.1, 0.15) is 0 Å². The van der Waals surface area contributed by atoms with Crippen LogP contribution in [0.25, 0.3) is 0 Å². The maximum atomic E-state index is 5.65. The Bertz CT molecular complexity index is 307. The van der Waals surface area contributed by atoms with Crippen molar-refractivity contribution in [1.82, 2.24) is 5.43 Å². The number of nitrogens with one attached hydrogen (secondary N) is 1. The number of hydrogen-bond donors (Lipinski definition) is 2. The van der Waals surface area contributed by atoms with E-state index < -0.39 is 0 Å². The molecule has 0 fully saturated rings. The third kappa shape index (κ3) is 3.58. The van der Waals surface area contributed by atoms with Gasteiger partial charge in [0.05, 0.1) is 0 Å². The number of aryl methyl sites for hydroxylation is 1. The summed E-state index contributed by atoms with van der Waals surface area (Å²) in [7, 11) is 0. The fourth-order valence-corrected chi connectivity index (χ4v) is 2.82. The average molecular weight is 240 g/mol. The van der Waals surface area contributed by atoms with Gasteiger partial charge in [-0.05, 0) is 36.8 Å². The summed E-state index contributed by atoms with van der Waals surface area (Å²) in [5.41, 5.74) is 2.97. The summed E-state index contributed by atoms with van der Waals surface area (Å²) in [4.78, 5) is 2.90. The van der Waals surface area contributed by atoms with Crippen molar-refractivity contribution < 1.29 is 0 Å². The summed E-state index contributed by atoms with van der Waals surface area (Å²) in [6.45, 7) is 8.97. The van der Waals surface area contributed by atoms with Gasteiger partial charge in [-0.15, -0.1) is 11.3 Å². The van der Waals surface area contributed by atoms with Crippen LogP contribution in [0.5, 0.6) is 0 Å². The Hall–Kier alpha value is -0.380. The van der Waals surface area contributed by atoms with E-state index in [1.54, 1.807) is 0 Å². The highest BCUT2D eigenvalue weighted by Gasteiger charge is 2.19. The van der Waals surface area contributed by atoms with Gasteiger partial charge in [-0.3, -0.25) is 11.3 Å². The van der Waals surface area contributed by atoms with Crippen molar-refractivity contribution in [2.45, 2.75) is 46.6 Å². The third-order valence-electron chi connectivity index (χ3n) is 3.39. The Morgan fingerprint density at radius 3 is 2.31 bits per heavy atom. The summed E-state index contributed by atoms with van der Waals surface area (Å²) in [6.07, 6.45) is 2.17. The molecule has 0 aliphatic heterocycles. The quantitative estimate of drug-likeness (QED) is 0.592. The van der Waals surface area contributed by atoms with Crippen molar-refractivity contribution in [1.29, 1.82) is 0 Å². The zero-order valence-electron chi connectivity index (χ0n) is 10.8. The van der Waals surface area contributed by atoms with Crippen LogP contribution in [0, 0.1) is 11.8 Å². The first kappa shape index (κ1) is 13.7. The largest absolute Gasteiger partial charge is 0.271 e. The van der Waals surface area contributed by atoms with Crippen molar-refractivity contribution in [2.24, 2.45) is 17.7 Å². The monoisotopic (exact) mass is 240 g/mol. The second-order valence-corrected chi connectivity index (χ2v) is 6.05. The van der Waals surface area contributed by atoms with Crippen LogP contribution < -0.4 is 11.3 Å². The Labute approximate surface area is 103 Å². The molecule has 0 aliphatic carbocycles. The average Bonchev–Trinajstić information content (AvgIpc) is 2.72. The Balaban J connectivity index is 2.62. The molecule has 3 N–H and O–H groups in total. The molecule has 16 heavy (non-hydrogen) atoms. The number of rotatable bonds is 6. The molecule has 1 heterocycles.